The van der Waals surface area contributed by atoms with E-state index in [1.807, 2.05) is 31.5 Å². The Morgan fingerprint density at radius 2 is 1.95 bits per heavy atom. The van der Waals surface area contributed by atoms with Crippen molar-refractivity contribution in [1.82, 2.24) is 20.2 Å². The molecular formula is C32H35N5O. The van der Waals surface area contributed by atoms with E-state index >= 15 is 0 Å². The van der Waals surface area contributed by atoms with Crippen molar-refractivity contribution in [3.05, 3.63) is 101 Å². The number of nitrogens with one attached hydrogen (secondary N) is 2. The lowest BCUT2D eigenvalue weighted by atomic mass is 10.0. The van der Waals surface area contributed by atoms with Gasteiger partial charge in [0.25, 0.3) is 5.91 Å². The topological polar surface area (TPSA) is 64.3 Å². The summed E-state index contributed by atoms with van der Waals surface area (Å²) in [5, 5.41) is 4.46. The molecule has 2 aromatic heterocycles. The SMILES string of the molecule is CC=Cc1ccc(N2CCc3[nH]c4ccc(C(=O)NC5CCN(Cc6cccnc6)CC5)cc4c3C2)cc1. The van der Waals surface area contributed by atoms with Gasteiger partial charge in [-0.2, -0.15) is 0 Å². The highest BCUT2D eigenvalue weighted by Crippen LogP contribution is 2.31. The van der Waals surface area contributed by atoms with E-state index in [2.05, 4.69) is 79.7 Å². The van der Waals surface area contributed by atoms with Gasteiger partial charge in [-0.15, -0.1) is 0 Å². The van der Waals surface area contributed by atoms with Crippen LogP contribution in [0.2, 0.25) is 0 Å². The standard InChI is InChI=1S/C32H35N5O/c1-2-4-23-6-9-27(10-7-23)37-18-14-31-29(22-37)28-19-25(8-11-30(28)35-31)32(38)34-26-12-16-36(17-13-26)21-24-5-3-15-33-20-24/h2-11,15,19-20,26,35H,12-14,16-18,21-22H2,1H3,(H,34,38). The zero-order chi connectivity index (χ0) is 25.9. The molecule has 0 atom stereocenters. The normalized spacial score (nSPS) is 16.7. The summed E-state index contributed by atoms with van der Waals surface area (Å²) in [5.41, 5.74) is 8.15. The number of benzene rings is 2. The second kappa shape index (κ2) is 10.8. The van der Waals surface area contributed by atoms with Crippen molar-refractivity contribution in [2.24, 2.45) is 0 Å². The lowest BCUT2D eigenvalue weighted by Gasteiger charge is -2.32. The van der Waals surface area contributed by atoms with Gasteiger partial charge in [0, 0.05) is 91.0 Å². The average Bonchev–Trinajstić information content (AvgIpc) is 3.32. The van der Waals surface area contributed by atoms with Gasteiger partial charge >= 0.3 is 0 Å². The number of rotatable bonds is 6. The molecule has 2 aliphatic rings. The van der Waals surface area contributed by atoms with Crippen LogP contribution in [0.25, 0.3) is 17.0 Å². The van der Waals surface area contributed by atoms with Gasteiger partial charge < -0.3 is 15.2 Å². The molecule has 0 radical (unpaired) electrons. The van der Waals surface area contributed by atoms with Crippen molar-refractivity contribution in [2.75, 3.05) is 24.5 Å². The van der Waals surface area contributed by atoms with Gasteiger partial charge in [-0.05, 0) is 67.3 Å². The number of H-pyrrole nitrogens is 1. The minimum absolute atomic E-state index is 0.0276. The predicted molar refractivity (Wildman–Crippen MR) is 154 cm³/mol. The van der Waals surface area contributed by atoms with Gasteiger partial charge in [0.05, 0.1) is 0 Å². The maximum Gasteiger partial charge on any atom is 0.251 e. The fourth-order valence-electron chi connectivity index (χ4n) is 5.82. The third-order valence-corrected chi connectivity index (χ3v) is 7.91. The molecule has 2 N–H and O–H groups in total. The summed E-state index contributed by atoms with van der Waals surface area (Å²) >= 11 is 0. The summed E-state index contributed by atoms with van der Waals surface area (Å²) in [6.45, 7) is 6.75. The number of aromatic amines is 1. The smallest absolute Gasteiger partial charge is 0.251 e. The Morgan fingerprint density at radius 1 is 1.11 bits per heavy atom. The number of amides is 1. The highest BCUT2D eigenvalue weighted by atomic mass is 16.1. The van der Waals surface area contributed by atoms with Gasteiger partial charge in [0.1, 0.15) is 0 Å². The number of carbonyl (C=O) groups is 1. The van der Waals surface area contributed by atoms with Gasteiger partial charge in [-0.25, -0.2) is 0 Å². The van der Waals surface area contributed by atoms with E-state index in [0.717, 1.165) is 68.5 Å². The van der Waals surface area contributed by atoms with Crippen LogP contribution in [0.15, 0.2) is 73.1 Å². The Kier molecular flexibility index (Phi) is 6.97. The molecule has 2 aromatic carbocycles. The molecule has 0 saturated carbocycles. The van der Waals surface area contributed by atoms with Crippen LogP contribution in [0.3, 0.4) is 0 Å². The number of fused-ring (bicyclic) bond motifs is 3. The van der Waals surface area contributed by atoms with Crippen LogP contribution in [0.4, 0.5) is 5.69 Å². The van der Waals surface area contributed by atoms with Gasteiger partial charge in [0.2, 0.25) is 0 Å². The van der Waals surface area contributed by atoms with Crippen molar-refractivity contribution in [3.63, 3.8) is 0 Å². The van der Waals surface area contributed by atoms with Crippen LogP contribution in [-0.2, 0) is 19.5 Å². The number of hydrogen-bond acceptors (Lipinski definition) is 4. The Bertz CT molecular complexity index is 1430. The van der Waals surface area contributed by atoms with Crippen molar-refractivity contribution >= 4 is 28.6 Å². The number of anilines is 1. The molecule has 0 bridgehead atoms. The van der Waals surface area contributed by atoms with Crippen LogP contribution in [0.5, 0.6) is 0 Å². The maximum atomic E-state index is 13.2. The summed E-state index contributed by atoms with van der Waals surface area (Å²) in [5.74, 6) is 0.0276. The molecule has 6 nitrogen and oxygen atoms in total. The molecule has 6 rings (SSSR count). The van der Waals surface area contributed by atoms with Crippen LogP contribution in [0.1, 0.15) is 52.5 Å². The van der Waals surface area contributed by atoms with Crippen molar-refractivity contribution < 1.29 is 4.79 Å². The van der Waals surface area contributed by atoms with E-state index in [4.69, 9.17) is 0 Å². The quantitative estimate of drug-likeness (QED) is 0.361. The summed E-state index contributed by atoms with van der Waals surface area (Å²) in [6, 6.07) is 19.2. The van der Waals surface area contributed by atoms with Crippen LogP contribution >= 0.6 is 0 Å². The molecule has 0 aliphatic carbocycles. The highest BCUT2D eigenvalue weighted by molar-refractivity contribution is 5.99. The largest absolute Gasteiger partial charge is 0.367 e. The summed E-state index contributed by atoms with van der Waals surface area (Å²) in [7, 11) is 0. The molecule has 4 aromatic rings. The van der Waals surface area contributed by atoms with E-state index in [0.29, 0.717) is 0 Å². The zero-order valence-electron chi connectivity index (χ0n) is 22.0. The zero-order valence-corrected chi connectivity index (χ0v) is 22.0. The number of nitrogens with zero attached hydrogens (tertiary/aromatic N) is 3. The van der Waals surface area contributed by atoms with Crippen molar-refractivity contribution in [2.45, 2.75) is 45.3 Å². The minimum atomic E-state index is 0.0276. The fourth-order valence-corrected chi connectivity index (χ4v) is 5.82. The number of aromatic nitrogens is 2. The van der Waals surface area contributed by atoms with Gasteiger partial charge in [-0.3, -0.25) is 14.7 Å². The first-order valence-electron chi connectivity index (χ1n) is 13.7. The first kappa shape index (κ1) is 24.4. The molecular weight excluding hydrogens is 470 g/mol. The van der Waals surface area contributed by atoms with Crippen LogP contribution in [-0.4, -0.2) is 46.5 Å². The molecule has 0 spiro atoms. The molecule has 2 aliphatic heterocycles. The second-order valence-corrected chi connectivity index (χ2v) is 10.5. The first-order chi connectivity index (χ1) is 18.7. The molecule has 1 amide bonds. The minimum Gasteiger partial charge on any atom is -0.367 e. The first-order valence-corrected chi connectivity index (χ1v) is 13.7. The Hall–Kier alpha value is -3.90. The van der Waals surface area contributed by atoms with E-state index in [1.54, 1.807) is 0 Å². The average molecular weight is 506 g/mol. The highest BCUT2D eigenvalue weighted by Gasteiger charge is 2.24. The maximum absolute atomic E-state index is 13.2. The lowest BCUT2D eigenvalue weighted by molar-refractivity contribution is 0.0909. The van der Waals surface area contributed by atoms with Gasteiger partial charge in [-0.1, -0.05) is 30.4 Å². The number of piperidine rings is 1. The molecule has 194 valence electrons. The Balaban J connectivity index is 1.11. The van der Waals surface area contributed by atoms with Crippen molar-refractivity contribution in [3.8, 4) is 0 Å². The molecule has 38 heavy (non-hydrogen) atoms. The number of pyridine rings is 1. The van der Waals surface area contributed by atoms with Crippen LogP contribution < -0.4 is 10.2 Å². The summed E-state index contributed by atoms with van der Waals surface area (Å²) in [4.78, 5) is 25.9. The number of carbonyl (C=O) groups excluding carboxylic acids is 1. The van der Waals surface area contributed by atoms with Crippen molar-refractivity contribution in [1.29, 1.82) is 0 Å². The predicted octanol–water partition coefficient (Wildman–Crippen LogP) is 5.55. The monoisotopic (exact) mass is 505 g/mol. The fraction of sp³-hybridized carbons (Fsp3) is 0.312. The van der Waals surface area contributed by atoms with E-state index < -0.39 is 0 Å². The Labute approximate surface area is 224 Å². The lowest BCUT2D eigenvalue weighted by Crippen LogP contribution is -2.44. The number of hydrogen-bond donors (Lipinski definition) is 2. The van der Waals surface area contributed by atoms with Crippen LogP contribution in [0, 0.1) is 0 Å². The molecule has 1 fully saturated rings. The second-order valence-electron chi connectivity index (χ2n) is 10.5. The molecule has 4 heterocycles. The van der Waals surface area contributed by atoms with E-state index in [1.165, 1.54) is 28.1 Å². The molecule has 6 heteroatoms. The number of allylic oxidation sites excluding steroid dienone is 1. The summed E-state index contributed by atoms with van der Waals surface area (Å²) in [6.07, 6.45) is 10.8. The molecule has 0 unspecified atom stereocenters. The van der Waals surface area contributed by atoms with Gasteiger partial charge in [0.15, 0.2) is 0 Å². The summed E-state index contributed by atoms with van der Waals surface area (Å²) < 4.78 is 0. The molecule has 1 saturated heterocycles. The third kappa shape index (κ3) is 5.22. The Morgan fingerprint density at radius 3 is 2.71 bits per heavy atom. The third-order valence-electron chi connectivity index (χ3n) is 7.91. The van der Waals surface area contributed by atoms with E-state index in [9.17, 15) is 4.79 Å². The number of likely N-dealkylation sites (tertiary alicyclic amines) is 1. The van der Waals surface area contributed by atoms with E-state index in [-0.39, 0.29) is 11.9 Å².